The van der Waals surface area contributed by atoms with E-state index in [1.54, 1.807) is 6.20 Å². The first-order valence-corrected chi connectivity index (χ1v) is 6.80. The lowest BCUT2D eigenvalue weighted by Crippen LogP contribution is -2.44. The average molecular weight is 265 g/mol. The largest absolute Gasteiger partial charge is 0.320 e. The highest BCUT2D eigenvalue weighted by molar-refractivity contribution is 5.80. The first-order chi connectivity index (χ1) is 9.74. The van der Waals surface area contributed by atoms with Crippen LogP contribution in [0.15, 0.2) is 36.8 Å². The molecule has 1 aliphatic rings. The molecule has 0 saturated heterocycles. The summed E-state index contributed by atoms with van der Waals surface area (Å²) < 4.78 is 0. The minimum Gasteiger partial charge on any atom is -0.320 e. The van der Waals surface area contributed by atoms with E-state index in [2.05, 4.69) is 32.3 Å². The minimum atomic E-state index is -0.237. The molecule has 1 saturated carbocycles. The Hall–Kier alpha value is -2.27. The molecule has 100 valence electrons. The monoisotopic (exact) mass is 265 g/mol. The van der Waals surface area contributed by atoms with Crippen LogP contribution in [0.1, 0.15) is 25.0 Å². The van der Waals surface area contributed by atoms with Crippen LogP contribution in [0.4, 0.5) is 0 Å². The van der Waals surface area contributed by atoms with E-state index in [1.807, 2.05) is 18.5 Å². The van der Waals surface area contributed by atoms with Gasteiger partial charge >= 0.3 is 0 Å². The predicted molar refractivity (Wildman–Crippen MR) is 76.8 cm³/mol. The third kappa shape index (κ3) is 1.71. The Morgan fingerprint density at radius 2 is 2.05 bits per heavy atom. The van der Waals surface area contributed by atoms with Gasteiger partial charge in [-0.15, -0.1) is 0 Å². The Bertz CT molecular complexity index is 759. The summed E-state index contributed by atoms with van der Waals surface area (Å²) in [6.45, 7) is 0. The molecule has 1 aliphatic carbocycles. The van der Waals surface area contributed by atoms with Crippen LogP contribution in [0, 0.1) is 0 Å². The maximum Gasteiger partial charge on any atom is 0.159 e. The topological polar surface area (TPSA) is 80.5 Å². The molecule has 0 radical (unpaired) electrons. The molecule has 0 spiro atoms. The quantitative estimate of drug-likeness (QED) is 0.745. The second-order valence-electron chi connectivity index (χ2n) is 5.46. The van der Waals surface area contributed by atoms with Crippen molar-refractivity contribution in [3.05, 3.63) is 42.5 Å². The second-order valence-corrected chi connectivity index (χ2v) is 5.46. The molecule has 0 aromatic carbocycles. The van der Waals surface area contributed by atoms with Crippen molar-refractivity contribution in [1.29, 1.82) is 0 Å². The second kappa shape index (κ2) is 4.11. The average Bonchev–Trinajstić information content (AvgIpc) is 2.98. The molecule has 3 N–H and O–H groups in total. The molecule has 0 amide bonds. The van der Waals surface area contributed by atoms with Crippen LogP contribution in [0.25, 0.3) is 22.2 Å². The van der Waals surface area contributed by atoms with Gasteiger partial charge in [0, 0.05) is 28.9 Å². The summed E-state index contributed by atoms with van der Waals surface area (Å²) in [4.78, 5) is 9.09. The number of hydrogen-bond acceptors (Lipinski definition) is 4. The van der Waals surface area contributed by atoms with Gasteiger partial charge in [-0.3, -0.25) is 5.10 Å². The van der Waals surface area contributed by atoms with Gasteiger partial charge in [0.25, 0.3) is 0 Å². The van der Waals surface area contributed by atoms with Crippen molar-refractivity contribution in [2.45, 2.75) is 24.8 Å². The highest BCUT2D eigenvalue weighted by Gasteiger charge is 2.35. The highest BCUT2D eigenvalue weighted by atomic mass is 15.1. The van der Waals surface area contributed by atoms with Crippen LogP contribution < -0.4 is 5.73 Å². The number of aromatic nitrogens is 4. The number of nitrogens with two attached hydrogens (primary N) is 1. The van der Waals surface area contributed by atoms with Gasteiger partial charge in [-0.05, 0) is 37.5 Å². The Morgan fingerprint density at radius 1 is 1.15 bits per heavy atom. The van der Waals surface area contributed by atoms with E-state index in [9.17, 15) is 0 Å². The number of aromatic amines is 1. The van der Waals surface area contributed by atoms with Crippen LogP contribution in [-0.4, -0.2) is 20.2 Å². The van der Waals surface area contributed by atoms with Gasteiger partial charge in [0.15, 0.2) is 5.65 Å². The van der Waals surface area contributed by atoms with Gasteiger partial charge in [0.1, 0.15) is 0 Å². The summed E-state index contributed by atoms with van der Waals surface area (Å²) >= 11 is 0. The van der Waals surface area contributed by atoms with Gasteiger partial charge in [-0.2, -0.15) is 5.10 Å². The highest BCUT2D eigenvalue weighted by Crippen LogP contribution is 2.38. The molecule has 4 rings (SSSR count). The van der Waals surface area contributed by atoms with Crippen molar-refractivity contribution >= 4 is 11.0 Å². The third-order valence-corrected chi connectivity index (χ3v) is 4.13. The van der Waals surface area contributed by atoms with Crippen molar-refractivity contribution in [2.75, 3.05) is 0 Å². The Labute approximate surface area is 116 Å². The van der Waals surface area contributed by atoms with Crippen molar-refractivity contribution in [3.63, 3.8) is 0 Å². The first kappa shape index (κ1) is 11.5. The van der Waals surface area contributed by atoms with E-state index in [4.69, 9.17) is 5.73 Å². The number of nitrogens with zero attached hydrogens (tertiary/aromatic N) is 3. The van der Waals surface area contributed by atoms with Gasteiger partial charge < -0.3 is 5.73 Å². The molecule has 3 heterocycles. The normalized spacial score (nSPS) is 17.1. The van der Waals surface area contributed by atoms with E-state index in [0.29, 0.717) is 0 Å². The maximum atomic E-state index is 6.32. The number of fused-ring (bicyclic) bond motifs is 1. The SMILES string of the molecule is NC1(c2ccc3cc(-c4cn[nH]c4)cnc3n2)CCC1. The molecule has 3 aromatic rings. The van der Waals surface area contributed by atoms with Gasteiger partial charge in [0.05, 0.1) is 17.4 Å². The maximum absolute atomic E-state index is 6.32. The van der Waals surface area contributed by atoms with Gasteiger partial charge in [-0.1, -0.05) is 0 Å². The van der Waals surface area contributed by atoms with E-state index >= 15 is 0 Å². The number of H-pyrrole nitrogens is 1. The van der Waals surface area contributed by atoms with Gasteiger partial charge in [-0.25, -0.2) is 9.97 Å². The molecule has 0 bridgehead atoms. The molecular weight excluding hydrogens is 250 g/mol. The van der Waals surface area contributed by atoms with Crippen LogP contribution in [0.5, 0.6) is 0 Å². The fourth-order valence-corrected chi connectivity index (χ4v) is 2.67. The Morgan fingerprint density at radius 3 is 2.75 bits per heavy atom. The summed E-state index contributed by atoms with van der Waals surface area (Å²) in [5, 5.41) is 7.79. The number of rotatable bonds is 2. The molecule has 5 heteroatoms. The van der Waals surface area contributed by atoms with Crippen molar-refractivity contribution in [1.82, 2.24) is 20.2 Å². The number of nitrogens with one attached hydrogen (secondary N) is 1. The smallest absolute Gasteiger partial charge is 0.159 e. The van der Waals surface area contributed by atoms with Crippen molar-refractivity contribution in [2.24, 2.45) is 5.73 Å². The Kier molecular flexibility index (Phi) is 2.37. The lowest BCUT2D eigenvalue weighted by atomic mass is 9.75. The standard InChI is InChI=1S/C15H15N5/c16-15(4-1-5-15)13-3-2-10-6-11(7-17-14(10)20-13)12-8-18-19-9-12/h2-3,6-9H,1,4-5,16H2,(H,18,19). The van der Waals surface area contributed by atoms with Crippen molar-refractivity contribution < 1.29 is 0 Å². The molecular formula is C15H15N5. The van der Waals surface area contributed by atoms with Crippen LogP contribution >= 0.6 is 0 Å². The number of pyridine rings is 2. The van der Waals surface area contributed by atoms with Crippen LogP contribution in [-0.2, 0) is 5.54 Å². The van der Waals surface area contributed by atoms with Crippen molar-refractivity contribution in [3.8, 4) is 11.1 Å². The van der Waals surface area contributed by atoms with E-state index in [1.165, 1.54) is 6.42 Å². The molecule has 3 aromatic heterocycles. The van der Waals surface area contributed by atoms with E-state index in [0.717, 1.165) is 40.7 Å². The molecule has 20 heavy (non-hydrogen) atoms. The predicted octanol–water partition coefficient (Wildman–Crippen LogP) is 2.36. The molecule has 5 nitrogen and oxygen atoms in total. The molecule has 0 atom stereocenters. The summed E-state index contributed by atoms with van der Waals surface area (Å²) in [5.74, 6) is 0. The fraction of sp³-hybridized carbons (Fsp3) is 0.267. The summed E-state index contributed by atoms with van der Waals surface area (Å²) in [5.41, 5.74) is 9.86. The number of hydrogen-bond donors (Lipinski definition) is 2. The summed E-state index contributed by atoms with van der Waals surface area (Å²) in [7, 11) is 0. The zero-order valence-electron chi connectivity index (χ0n) is 11.0. The zero-order valence-corrected chi connectivity index (χ0v) is 11.0. The summed E-state index contributed by atoms with van der Waals surface area (Å²) in [6.07, 6.45) is 8.68. The fourth-order valence-electron chi connectivity index (χ4n) is 2.67. The summed E-state index contributed by atoms with van der Waals surface area (Å²) in [6, 6.07) is 6.16. The first-order valence-electron chi connectivity index (χ1n) is 6.80. The van der Waals surface area contributed by atoms with Crippen LogP contribution in [0.3, 0.4) is 0 Å². The minimum absolute atomic E-state index is 0.237. The zero-order chi connectivity index (χ0) is 13.6. The van der Waals surface area contributed by atoms with E-state index < -0.39 is 0 Å². The molecule has 1 fully saturated rings. The van der Waals surface area contributed by atoms with E-state index in [-0.39, 0.29) is 5.54 Å². The van der Waals surface area contributed by atoms with Crippen LogP contribution in [0.2, 0.25) is 0 Å². The Balaban J connectivity index is 1.79. The van der Waals surface area contributed by atoms with Gasteiger partial charge in [0.2, 0.25) is 0 Å². The lowest BCUT2D eigenvalue weighted by Gasteiger charge is -2.37. The molecule has 0 aliphatic heterocycles. The lowest BCUT2D eigenvalue weighted by molar-refractivity contribution is 0.247. The molecule has 0 unspecified atom stereocenters. The third-order valence-electron chi connectivity index (χ3n) is 4.13.